The molecule has 0 aromatic heterocycles. The van der Waals surface area contributed by atoms with Crippen LogP contribution in [0.15, 0.2) is 36.4 Å². The third kappa shape index (κ3) is 5.43. The van der Waals surface area contributed by atoms with Crippen LogP contribution in [-0.2, 0) is 11.0 Å². The molecule has 0 aliphatic heterocycles. The van der Waals surface area contributed by atoms with Crippen molar-refractivity contribution >= 4 is 28.9 Å². The molecule has 154 valence electrons. The van der Waals surface area contributed by atoms with Crippen LogP contribution >= 0.6 is 0 Å². The van der Waals surface area contributed by atoms with Crippen LogP contribution in [0, 0.1) is 10.1 Å². The molecule has 29 heavy (non-hydrogen) atoms. The Balaban J connectivity index is 2.38. The Morgan fingerprint density at radius 2 is 1.83 bits per heavy atom. The van der Waals surface area contributed by atoms with Crippen molar-refractivity contribution in [3.63, 3.8) is 0 Å². The quantitative estimate of drug-likeness (QED) is 0.546. The molecular formula is C18H16F3N3O5. The number of nitro benzene ring substituents is 1. The average molecular weight is 411 g/mol. The molecule has 0 aliphatic carbocycles. The highest BCUT2D eigenvalue weighted by Gasteiger charge is 2.34. The van der Waals surface area contributed by atoms with E-state index in [4.69, 9.17) is 4.74 Å². The van der Waals surface area contributed by atoms with Gasteiger partial charge < -0.3 is 15.4 Å². The summed E-state index contributed by atoms with van der Waals surface area (Å²) in [5.41, 5.74) is -2.55. The fourth-order valence-electron chi connectivity index (χ4n) is 2.44. The first-order valence-corrected chi connectivity index (χ1v) is 8.24. The Hall–Kier alpha value is -3.63. The SMILES string of the molecule is CCOc1ccc(C(=O)Nc2ccc(NC(C)=O)cc2C(F)(F)F)cc1[N+](=O)[O-]. The van der Waals surface area contributed by atoms with Gasteiger partial charge in [-0.2, -0.15) is 13.2 Å². The number of amides is 2. The summed E-state index contributed by atoms with van der Waals surface area (Å²) in [6.07, 6.45) is -4.82. The van der Waals surface area contributed by atoms with Crippen LogP contribution in [-0.4, -0.2) is 23.3 Å². The third-order valence-corrected chi connectivity index (χ3v) is 3.61. The Morgan fingerprint density at radius 1 is 1.14 bits per heavy atom. The van der Waals surface area contributed by atoms with Gasteiger partial charge in [0.25, 0.3) is 5.91 Å². The summed E-state index contributed by atoms with van der Waals surface area (Å²) in [5, 5.41) is 15.5. The standard InChI is InChI=1S/C18H16F3N3O5/c1-3-29-16-7-4-11(8-15(16)24(27)28)17(26)23-14-6-5-12(22-10(2)25)9-13(14)18(19,20)21/h4-9H,3H2,1-2H3,(H,22,25)(H,23,26). The zero-order valence-corrected chi connectivity index (χ0v) is 15.3. The van der Waals surface area contributed by atoms with Crippen LogP contribution in [0.5, 0.6) is 5.75 Å². The van der Waals surface area contributed by atoms with Crippen molar-refractivity contribution in [1.29, 1.82) is 0 Å². The molecule has 2 aromatic carbocycles. The summed E-state index contributed by atoms with van der Waals surface area (Å²) in [6, 6.07) is 6.16. The lowest BCUT2D eigenvalue weighted by molar-refractivity contribution is -0.385. The van der Waals surface area contributed by atoms with Gasteiger partial charge in [0.15, 0.2) is 5.75 Å². The number of benzene rings is 2. The van der Waals surface area contributed by atoms with E-state index in [0.29, 0.717) is 6.07 Å². The van der Waals surface area contributed by atoms with Crippen LogP contribution in [0.25, 0.3) is 0 Å². The van der Waals surface area contributed by atoms with Gasteiger partial charge in [0.1, 0.15) is 0 Å². The fourth-order valence-corrected chi connectivity index (χ4v) is 2.44. The molecule has 2 aromatic rings. The number of alkyl halides is 3. The summed E-state index contributed by atoms with van der Waals surface area (Å²) < 4.78 is 45.2. The number of anilines is 2. The number of ether oxygens (including phenoxy) is 1. The molecule has 0 saturated carbocycles. The molecule has 0 unspecified atom stereocenters. The van der Waals surface area contributed by atoms with E-state index in [1.807, 2.05) is 0 Å². The summed E-state index contributed by atoms with van der Waals surface area (Å²) in [5.74, 6) is -1.60. The lowest BCUT2D eigenvalue weighted by Crippen LogP contribution is -2.17. The van der Waals surface area contributed by atoms with Crippen molar-refractivity contribution in [2.24, 2.45) is 0 Å². The van der Waals surface area contributed by atoms with E-state index in [1.54, 1.807) is 6.92 Å². The van der Waals surface area contributed by atoms with E-state index >= 15 is 0 Å². The molecule has 11 heteroatoms. The number of rotatable bonds is 6. The minimum absolute atomic E-state index is 0.0651. The van der Waals surface area contributed by atoms with Gasteiger partial charge in [-0.1, -0.05) is 0 Å². The van der Waals surface area contributed by atoms with Crippen molar-refractivity contribution < 1.29 is 32.4 Å². The molecular weight excluding hydrogens is 395 g/mol. The minimum Gasteiger partial charge on any atom is -0.487 e. The molecule has 8 nitrogen and oxygen atoms in total. The first kappa shape index (κ1) is 21.7. The predicted molar refractivity (Wildman–Crippen MR) is 98.0 cm³/mol. The van der Waals surface area contributed by atoms with Crippen LogP contribution < -0.4 is 15.4 Å². The highest BCUT2D eigenvalue weighted by Crippen LogP contribution is 2.37. The summed E-state index contributed by atoms with van der Waals surface area (Å²) in [4.78, 5) is 33.8. The van der Waals surface area contributed by atoms with Gasteiger partial charge in [0.2, 0.25) is 5.91 Å². The number of carbonyl (C=O) groups is 2. The number of nitrogens with zero attached hydrogens (tertiary/aromatic N) is 1. The van der Waals surface area contributed by atoms with E-state index in [9.17, 15) is 32.9 Å². The van der Waals surface area contributed by atoms with Crippen LogP contribution in [0.2, 0.25) is 0 Å². The van der Waals surface area contributed by atoms with Gasteiger partial charge in [0, 0.05) is 24.2 Å². The van der Waals surface area contributed by atoms with Gasteiger partial charge in [-0.05, 0) is 37.3 Å². The highest BCUT2D eigenvalue weighted by atomic mass is 19.4. The van der Waals surface area contributed by atoms with Crippen molar-refractivity contribution in [3.8, 4) is 5.75 Å². The summed E-state index contributed by atoms with van der Waals surface area (Å²) in [6.45, 7) is 2.91. The molecule has 0 atom stereocenters. The van der Waals surface area contributed by atoms with Crippen molar-refractivity contribution in [2.75, 3.05) is 17.2 Å². The monoisotopic (exact) mass is 411 g/mol. The predicted octanol–water partition coefficient (Wildman–Crippen LogP) is 4.22. The van der Waals surface area contributed by atoms with E-state index < -0.39 is 39.9 Å². The molecule has 0 heterocycles. The Morgan fingerprint density at radius 3 is 2.38 bits per heavy atom. The second kappa shape index (κ2) is 8.59. The first-order chi connectivity index (χ1) is 13.5. The summed E-state index contributed by atoms with van der Waals surface area (Å²) in [7, 11) is 0. The molecule has 0 bridgehead atoms. The number of halogens is 3. The molecule has 2 N–H and O–H groups in total. The highest BCUT2D eigenvalue weighted by molar-refractivity contribution is 6.05. The van der Waals surface area contributed by atoms with Crippen molar-refractivity contribution in [3.05, 3.63) is 57.6 Å². The average Bonchev–Trinajstić information content (AvgIpc) is 2.62. The maximum absolute atomic E-state index is 13.4. The lowest BCUT2D eigenvalue weighted by Gasteiger charge is -2.15. The number of hydrogen-bond acceptors (Lipinski definition) is 5. The molecule has 0 aliphatic rings. The second-order valence-electron chi connectivity index (χ2n) is 5.77. The van der Waals surface area contributed by atoms with E-state index in [1.165, 1.54) is 18.2 Å². The maximum atomic E-state index is 13.4. The minimum atomic E-state index is -4.82. The first-order valence-electron chi connectivity index (χ1n) is 8.24. The second-order valence-corrected chi connectivity index (χ2v) is 5.77. The number of nitro groups is 1. The van der Waals surface area contributed by atoms with Crippen LogP contribution in [0.1, 0.15) is 29.8 Å². The largest absolute Gasteiger partial charge is 0.487 e. The number of nitrogens with one attached hydrogen (secondary N) is 2. The lowest BCUT2D eigenvalue weighted by atomic mass is 10.1. The number of hydrogen-bond donors (Lipinski definition) is 2. The van der Waals surface area contributed by atoms with Crippen molar-refractivity contribution in [2.45, 2.75) is 20.0 Å². The Kier molecular flexibility index (Phi) is 6.42. The molecule has 0 radical (unpaired) electrons. The topological polar surface area (TPSA) is 111 Å². The van der Waals surface area contributed by atoms with Crippen molar-refractivity contribution in [1.82, 2.24) is 0 Å². The number of carbonyl (C=O) groups excluding carboxylic acids is 2. The molecule has 0 spiro atoms. The summed E-state index contributed by atoms with van der Waals surface area (Å²) >= 11 is 0. The molecule has 2 amide bonds. The zero-order valence-electron chi connectivity index (χ0n) is 15.3. The van der Waals surface area contributed by atoms with Gasteiger partial charge in [-0.25, -0.2) is 0 Å². The smallest absolute Gasteiger partial charge is 0.418 e. The van der Waals surface area contributed by atoms with Gasteiger partial charge in [-0.15, -0.1) is 0 Å². The van der Waals surface area contributed by atoms with Crippen LogP contribution in [0.4, 0.5) is 30.2 Å². The Bertz CT molecular complexity index is 960. The van der Waals surface area contributed by atoms with Gasteiger partial charge in [-0.3, -0.25) is 19.7 Å². The molecule has 0 saturated heterocycles. The van der Waals surface area contributed by atoms with E-state index in [-0.39, 0.29) is 23.6 Å². The van der Waals surface area contributed by atoms with E-state index in [0.717, 1.165) is 19.1 Å². The normalized spacial score (nSPS) is 10.9. The zero-order chi connectivity index (χ0) is 21.8. The van der Waals surface area contributed by atoms with E-state index in [2.05, 4.69) is 10.6 Å². The third-order valence-electron chi connectivity index (χ3n) is 3.61. The Labute approximate surface area is 162 Å². The molecule has 0 fully saturated rings. The van der Waals surface area contributed by atoms with Crippen LogP contribution in [0.3, 0.4) is 0 Å². The van der Waals surface area contributed by atoms with Gasteiger partial charge in [0.05, 0.1) is 22.8 Å². The maximum Gasteiger partial charge on any atom is 0.418 e. The molecule has 2 rings (SSSR count). The fraction of sp³-hybridized carbons (Fsp3) is 0.222. The van der Waals surface area contributed by atoms with Gasteiger partial charge >= 0.3 is 11.9 Å².